The van der Waals surface area contributed by atoms with Crippen LogP contribution >= 0.6 is 67.3 Å². The lowest BCUT2D eigenvalue weighted by Gasteiger charge is -2.12. The van der Waals surface area contributed by atoms with Crippen LogP contribution in [0.15, 0.2) is 45.0 Å². The minimum Gasteiger partial charge on any atom is -0.487 e. The van der Waals surface area contributed by atoms with Gasteiger partial charge >= 0.3 is 0 Å². The van der Waals surface area contributed by atoms with Gasteiger partial charge in [0.1, 0.15) is 18.1 Å². The van der Waals surface area contributed by atoms with Gasteiger partial charge in [-0.05, 0) is 92.5 Å². The van der Waals surface area contributed by atoms with E-state index in [1.54, 1.807) is 18.2 Å². The molecular weight excluding hydrogens is 551 g/mol. The molecular formula is C19H14Br2Cl2N2O2S. The molecule has 1 fully saturated rings. The van der Waals surface area contributed by atoms with Crippen LogP contribution in [0.4, 0.5) is 0 Å². The van der Waals surface area contributed by atoms with Crippen molar-refractivity contribution in [2.24, 2.45) is 0 Å². The van der Waals surface area contributed by atoms with Gasteiger partial charge in [0.25, 0.3) is 5.91 Å². The maximum absolute atomic E-state index is 12.3. The molecule has 1 N–H and O–H groups in total. The lowest BCUT2D eigenvalue weighted by Crippen LogP contribution is -2.30. The molecule has 0 aromatic heterocycles. The highest BCUT2D eigenvalue weighted by Crippen LogP contribution is 2.36. The Morgan fingerprint density at radius 3 is 2.43 bits per heavy atom. The summed E-state index contributed by atoms with van der Waals surface area (Å²) in [5.74, 6) is 0.504. The van der Waals surface area contributed by atoms with Gasteiger partial charge < -0.3 is 10.1 Å². The predicted molar refractivity (Wildman–Crippen MR) is 124 cm³/mol. The quantitative estimate of drug-likeness (QED) is 0.348. The molecule has 0 radical (unpaired) electrons. The molecule has 0 bridgehead atoms. The van der Waals surface area contributed by atoms with Crippen LogP contribution < -0.4 is 10.1 Å². The van der Waals surface area contributed by atoms with Crippen molar-refractivity contribution in [3.63, 3.8) is 0 Å². The molecule has 4 nitrogen and oxygen atoms in total. The zero-order valence-corrected chi connectivity index (χ0v) is 20.1. The number of rotatable bonds is 5. The summed E-state index contributed by atoms with van der Waals surface area (Å²) in [5, 5.41) is 4.35. The molecule has 1 aliphatic heterocycles. The summed E-state index contributed by atoms with van der Waals surface area (Å²) in [6.45, 7) is 2.73. The Morgan fingerprint density at radius 2 is 1.86 bits per heavy atom. The monoisotopic (exact) mass is 562 g/mol. The fraction of sp³-hybridized carbons (Fsp3) is 0.158. The average Bonchev–Trinajstić information content (AvgIpc) is 2.90. The lowest BCUT2D eigenvalue weighted by atomic mass is 10.2. The summed E-state index contributed by atoms with van der Waals surface area (Å²) in [4.78, 5) is 13.9. The number of thiocarbonyl (C=S) groups is 1. The number of hydrogen-bond donors (Lipinski definition) is 1. The first-order chi connectivity index (χ1) is 13.3. The summed E-state index contributed by atoms with van der Waals surface area (Å²) in [7, 11) is 0. The smallest absolute Gasteiger partial charge is 0.276 e. The van der Waals surface area contributed by atoms with Crippen molar-refractivity contribution in [2.45, 2.75) is 13.5 Å². The third kappa shape index (κ3) is 4.71. The van der Waals surface area contributed by atoms with E-state index in [4.69, 9.17) is 40.2 Å². The number of hydrogen-bond acceptors (Lipinski definition) is 3. The molecule has 0 spiro atoms. The maximum Gasteiger partial charge on any atom is 0.276 e. The molecule has 0 unspecified atom stereocenters. The van der Waals surface area contributed by atoms with Crippen molar-refractivity contribution in [3.05, 3.63) is 66.1 Å². The van der Waals surface area contributed by atoms with E-state index in [2.05, 4.69) is 37.2 Å². The normalized spacial score (nSPS) is 15.3. The number of ether oxygens (including phenoxy) is 1. The van der Waals surface area contributed by atoms with E-state index >= 15 is 0 Å². The third-order valence-corrected chi connectivity index (χ3v) is 6.22. The van der Waals surface area contributed by atoms with Crippen LogP contribution in [0.1, 0.15) is 18.1 Å². The lowest BCUT2D eigenvalue weighted by molar-refractivity contribution is -0.122. The van der Waals surface area contributed by atoms with Crippen molar-refractivity contribution >= 4 is 84.4 Å². The van der Waals surface area contributed by atoms with Crippen LogP contribution in [-0.4, -0.2) is 22.5 Å². The van der Waals surface area contributed by atoms with Gasteiger partial charge in [0.05, 0.1) is 19.0 Å². The van der Waals surface area contributed by atoms with Gasteiger partial charge in [-0.2, -0.15) is 0 Å². The minimum atomic E-state index is -0.139. The molecule has 9 heteroatoms. The van der Waals surface area contributed by atoms with E-state index in [1.165, 1.54) is 4.90 Å². The van der Waals surface area contributed by atoms with Crippen LogP contribution in [0, 0.1) is 0 Å². The number of nitrogens with zero attached hydrogens (tertiary/aromatic N) is 1. The summed E-state index contributed by atoms with van der Waals surface area (Å²) >= 11 is 24.2. The Labute approximate surface area is 195 Å². The molecule has 2 aromatic carbocycles. The highest BCUT2D eigenvalue weighted by molar-refractivity contribution is 9.11. The Balaban J connectivity index is 1.79. The summed E-state index contributed by atoms with van der Waals surface area (Å²) in [6.07, 6.45) is 1.75. The van der Waals surface area contributed by atoms with Gasteiger partial charge in [0.15, 0.2) is 5.11 Å². The van der Waals surface area contributed by atoms with Gasteiger partial charge in [-0.3, -0.25) is 9.69 Å². The Bertz CT molecular complexity index is 975. The Hall–Kier alpha value is -1.12. The highest BCUT2D eigenvalue weighted by atomic mass is 79.9. The molecule has 2 aromatic rings. The number of likely N-dealkylation sites (N-methyl/N-ethyl adjacent to an activating group) is 1. The average molecular weight is 565 g/mol. The van der Waals surface area contributed by atoms with Crippen molar-refractivity contribution in [1.29, 1.82) is 0 Å². The predicted octanol–water partition coefficient (Wildman–Crippen LogP) is 6.17. The SMILES string of the molecule is CCN1C(=O)/C(=C/c2cc(Br)c(OCc3ccc(Cl)c(Cl)c3)c(Br)c2)NC1=S. The number of carbonyl (C=O) groups is 1. The third-order valence-electron chi connectivity index (χ3n) is 3.98. The first kappa shape index (κ1) is 21.6. The van der Waals surface area contributed by atoms with Crippen molar-refractivity contribution in [2.75, 3.05) is 6.54 Å². The van der Waals surface area contributed by atoms with E-state index in [0.717, 1.165) is 20.1 Å². The number of amides is 1. The zero-order chi connectivity index (χ0) is 20.4. The second-order valence-electron chi connectivity index (χ2n) is 5.89. The molecule has 146 valence electrons. The van der Waals surface area contributed by atoms with Crippen LogP contribution in [0.5, 0.6) is 5.75 Å². The zero-order valence-electron chi connectivity index (χ0n) is 14.6. The van der Waals surface area contributed by atoms with Crippen LogP contribution in [0.25, 0.3) is 6.08 Å². The molecule has 1 saturated heterocycles. The van der Waals surface area contributed by atoms with Gasteiger partial charge in [-0.25, -0.2) is 0 Å². The molecule has 0 aliphatic carbocycles. The molecule has 1 heterocycles. The first-order valence-electron chi connectivity index (χ1n) is 8.20. The number of carbonyl (C=O) groups excluding carboxylic acids is 1. The highest BCUT2D eigenvalue weighted by Gasteiger charge is 2.29. The van der Waals surface area contributed by atoms with E-state index in [1.807, 2.05) is 25.1 Å². The van der Waals surface area contributed by atoms with Crippen LogP contribution in [0.2, 0.25) is 10.0 Å². The molecule has 3 rings (SSSR count). The van der Waals surface area contributed by atoms with Gasteiger partial charge in [0, 0.05) is 6.54 Å². The standard InChI is InChI=1S/C19H14Br2Cl2N2O2S/c1-2-25-18(26)16(24-19(25)28)8-11-5-12(20)17(13(21)6-11)27-9-10-3-4-14(22)15(23)7-10/h3-8H,2,9H2,1H3,(H,24,28)/b16-8-. The van der Waals surface area contributed by atoms with E-state index < -0.39 is 0 Å². The molecule has 0 atom stereocenters. The van der Waals surface area contributed by atoms with Gasteiger partial charge in [-0.15, -0.1) is 0 Å². The Kier molecular flexibility index (Phi) is 7.04. The molecule has 1 aliphatic rings. The van der Waals surface area contributed by atoms with Crippen LogP contribution in [-0.2, 0) is 11.4 Å². The van der Waals surface area contributed by atoms with Gasteiger partial charge in [0.2, 0.25) is 0 Å². The number of halogens is 4. The maximum atomic E-state index is 12.3. The second kappa shape index (κ2) is 9.13. The van der Waals surface area contributed by atoms with E-state index in [0.29, 0.717) is 39.8 Å². The molecule has 0 saturated carbocycles. The summed E-state index contributed by atoms with van der Waals surface area (Å²) in [6, 6.07) is 9.10. The largest absolute Gasteiger partial charge is 0.487 e. The number of benzene rings is 2. The number of nitrogens with one attached hydrogen (secondary N) is 1. The van der Waals surface area contributed by atoms with Crippen molar-refractivity contribution < 1.29 is 9.53 Å². The van der Waals surface area contributed by atoms with E-state index in [-0.39, 0.29) is 5.91 Å². The fourth-order valence-corrected chi connectivity index (χ4v) is 4.70. The minimum absolute atomic E-state index is 0.139. The molecule has 28 heavy (non-hydrogen) atoms. The van der Waals surface area contributed by atoms with Gasteiger partial charge in [-0.1, -0.05) is 29.3 Å². The van der Waals surface area contributed by atoms with Crippen LogP contribution in [0.3, 0.4) is 0 Å². The molecule has 1 amide bonds. The van der Waals surface area contributed by atoms with Crippen molar-refractivity contribution in [1.82, 2.24) is 10.2 Å². The fourth-order valence-electron chi connectivity index (χ4n) is 2.61. The Morgan fingerprint density at radius 1 is 1.18 bits per heavy atom. The van der Waals surface area contributed by atoms with Crippen molar-refractivity contribution in [3.8, 4) is 5.75 Å². The second-order valence-corrected chi connectivity index (χ2v) is 8.80. The first-order valence-corrected chi connectivity index (χ1v) is 11.0. The van der Waals surface area contributed by atoms with E-state index in [9.17, 15) is 4.79 Å². The summed E-state index contributed by atoms with van der Waals surface area (Å²) in [5.41, 5.74) is 2.15. The summed E-state index contributed by atoms with van der Waals surface area (Å²) < 4.78 is 7.41. The topological polar surface area (TPSA) is 41.6 Å².